The number of aliphatic hydroxyl groups is 1. The summed E-state index contributed by atoms with van der Waals surface area (Å²) in [7, 11) is 1.94. The van der Waals surface area contributed by atoms with Crippen molar-refractivity contribution in [1.82, 2.24) is 19.7 Å². The zero-order valence-electron chi connectivity index (χ0n) is 20.8. The lowest BCUT2D eigenvalue weighted by Gasteiger charge is -2.34. The number of primary amides is 1. The Morgan fingerprint density at radius 2 is 2.03 bits per heavy atom. The number of nitrogens with zero attached hydrogens (tertiary/aromatic N) is 4. The van der Waals surface area contributed by atoms with Crippen LogP contribution in [0.2, 0.25) is 0 Å². The lowest BCUT2D eigenvalue weighted by Crippen LogP contribution is -2.36. The van der Waals surface area contributed by atoms with Gasteiger partial charge in [0.1, 0.15) is 16.5 Å². The van der Waals surface area contributed by atoms with E-state index in [1.807, 2.05) is 24.9 Å². The summed E-state index contributed by atoms with van der Waals surface area (Å²) in [6.07, 6.45) is 8.24. The number of carbonyl (C=O) groups is 1. The molecule has 4 N–H and O–H groups in total. The van der Waals surface area contributed by atoms with E-state index >= 15 is 0 Å². The molecule has 3 aliphatic rings. The van der Waals surface area contributed by atoms with Crippen LogP contribution in [-0.4, -0.2) is 42.4 Å². The van der Waals surface area contributed by atoms with E-state index in [2.05, 4.69) is 30.5 Å². The first-order valence-corrected chi connectivity index (χ1v) is 13.5. The summed E-state index contributed by atoms with van der Waals surface area (Å²) in [5.41, 5.74) is 7.55. The highest BCUT2D eigenvalue weighted by Gasteiger charge is 2.60. The Hall–Kier alpha value is -2.52. The number of aryl methyl sites for hydroxylation is 1. The lowest BCUT2D eigenvalue weighted by molar-refractivity contribution is -0.119. The zero-order chi connectivity index (χ0) is 24.6. The standard InChI is InChI=1S/C26H34N6O2S/c1-12(14-10-28-32(4)11-14)13(2)23-30-24(29-15-5-7-26(3,34)8-6-15)21-20-17(35-25(21)31-23)9-16-18(20)19(16)22(27)33/h10-13,15-16,18-19,34H,5-9H2,1-4H3,(H2,27,33)(H,29,30,31)/t12-,13?,15?,16?,18?,19?,26?/m0/s1. The summed E-state index contributed by atoms with van der Waals surface area (Å²) in [4.78, 5) is 24.6. The molecule has 3 heterocycles. The van der Waals surface area contributed by atoms with Gasteiger partial charge in [0.15, 0.2) is 0 Å². The van der Waals surface area contributed by atoms with E-state index in [1.165, 1.54) is 16.0 Å². The van der Waals surface area contributed by atoms with Crippen molar-refractivity contribution in [2.24, 2.45) is 24.6 Å². The Kier molecular flexibility index (Phi) is 5.23. The van der Waals surface area contributed by atoms with Gasteiger partial charge in [-0.2, -0.15) is 5.10 Å². The highest BCUT2D eigenvalue weighted by Crippen LogP contribution is 2.65. The molecule has 6 rings (SSSR count). The fourth-order valence-electron chi connectivity index (χ4n) is 6.29. The number of anilines is 1. The van der Waals surface area contributed by atoms with Gasteiger partial charge in [0.05, 0.1) is 17.2 Å². The Morgan fingerprint density at radius 1 is 1.29 bits per heavy atom. The van der Waals surface area contributed by atoms with Crippen LogP contribution in [0.3, 0.4) is 0 Å². The van der Waals surface area contributed by atoms with Crippen LogP contribution in [0.15, 0.2) is 12.4 Å². The zero-order valence-corrected chi connectivity index (χ0v) is 21.6. The molecule has 1 amide bonds. The number of carbonyl (C=O) groups excluding carboxylic acids is 1. The maximum absolute atomic E-state index is 12.0. The van der Waals surface area contributed by atoms with Gasteiger partial charge in [0.25, 0.3) is 0 Å². The Bertz CT molecular complexity index is 1300. The van der Waals surface area contributed by atoms with Crippen LogP contribution < -0.4 is 11.1 Å². The summed E-state index contributed by atoms with van der Waals surface area (Å²) in [5.74, 6) is 2.36. The van der Waals surface area contributed by atoms with E-state index in [0.29, 0.717) is 5.92 Å². The van der Waals surface area contributed by atoms with Crippen LogP contribution in [0.5, 0.6) is 0 Å². The molecule has 2 saturated carbocycles. The van der Waals surface area contributed by atoms with Gasteiger partial charge in [-0.1, -0.05) is 13.8 Å². The number of fused-ring (bicyclic) bond motifs is 5. The van der Waals surface area contributed by atoms with Crippen molar-refractivity contribution in [1.29, 1.82) is 0 Å². The van der Waals surface area contributed by atoms with E-state index in [4.69, 9.17) is 15.7 Å². The van der Waals surface area contributed by atoms with Crippen molar-refractivity contribution >= 4 is 33.3 Å². The number of aromatic nitrogens is 4. The van der Waals surface area contributed by atoms with E-state index in [0.717, 1.165) is 54.0 Å². The third kappa shape index (κ3) is 3.83. The predicted molar refractivity (Wildman–Crippen MR) is 137 cm³/mol. The fraction of sp³-hybridized carbons (Fsp3) is 0.615. The summed E-state index contributed by atoms with van der Waals surface area (Å²) < 4.78 is 1.83. The highest BCUT2D eigenvalue weighted by atomic mass is 32.1. The largest absolute Gasteiger partial charge is 0.390 e. The summed E-state index contributed by atoms with van der Waals surface area (Å²) in [6.45, 7) is 6.31. The van der Waals surface area contributed by atoms with Crippen LogP contribution in [-0.2, 0) is 18.3 Å². The molecule has 5 atom stereocenters. The molecule has 0 aliphatic heterocycles. The van der Waals surface area contributed by atoms with Gasteiger partial charge in [-0.05, 0) is 62.0 Å². The normalized spacial score (nSPS) is 31.1. The molecular weight excluding hydrogens is 460 g/mol. The second kappa shape index (κ2) is 8.00. The number of rotatable bonds is 6. The third-order valence-electron chi connectivity index (χ3n) is 8.75. The van der Waals surface area contributed by atoms with Gasteiger partial charge in [-0.25, -0.2) is 9.97 Å². The molecule has 0 aromatic carbocycles. The molecule has 3 aromatic heterocycles. The second-order valence-electron chi connectivity index (χ2n) is 11.3. The Labute approximate surface area is 209 Å². The summed E-state index contributed by atoms with van der Waals surface area (Å²) >= 11 is 1.75. The maximum Gasteiger partial charge on any atom is 0.221 e. The van der Waals surface area contributed by atoms with E-state index < -0.39 is 5.60 Å². The van der Waals surface area contributed by atoms with Crippen LogP contribution in [0.1, 0.15) is 86.0 Å². The molecule has 0 radical (unpaired) electrons. The first-order chi connectivity index (χ1) is 16.6. The maximum atomic E-state index is 12.0. The molecule has 0 bridgehead atoms. The number of nitrogens with two attached hydrogens (primary N) is 1. The van der Waals surface area contributed by atoms with Gasteiger partial charge < -0.3 is 16.2 Å². The number of thiophene rings is 1. The molecule has 35 heavy (non-hydrogen) atoms. The second-order valence-corrected chi connectivity index (χ2v) is 12.4. The van der Waals surface area contributed by atoms with Crippen LogP contribution >= 0.6 is 11.3 Å². The Balaban J connectivity index is 1.39. The summed E-state index contributed by atoms with van der Waals surface area (Å²) in [6, 6.07) is 0.256. The smallest absolute Gasteiger partial charge is 0.221 e. The highest BCUT2D eigenvalue weighted by molar-refractivity contribution is 7.19. The number of nitrogens with one attached hydrogen (secondary N) is 1. The molecule has 3 aliphatic carbocycles. The molecule has 4 unspecified atom stereocenters. The monoisotopic (exact) mass is 494 g/mol. The first-order valence-electron chi connectivity index (χ1n) is 12.7. The fourth-order valence-corrected chi connectivity index (χ4v) is 7.59. The van der Waals surface area contributed by atoms with Crippen LogP contribution in [0.4, 0.5) is 5.82 Å². The van der Waals surface area contributed by atoms with E-state index in [1.54, 1.807) is 11.3 Å². The SMILES string of the molecule is CC(c1nc(NC2CCC(C)(O)CC2)c2c3c(sc2n1)CC1C(C(N)=O)C31)[C@H](C)c1cnn(C)c1. The molecule has 186 valence electrons. The molecule has 0 saturated heterocycles. The van der Waals surface area contributed by atoms with E-state index in [9.17, 15) is 9.90 Å². The van der Waals surface area contributed by atoms with E-state index in [-0.39, 0.29) is 35.6 Å². The van der Waals surface area contributed by atoms with Gasteiger partial charge in [0.2, 0.25) is 5.91 Å². The molecule has 8 nitrogen and oxygen atoms in total. The van der Waals surface area contributed by atoms with Crippen molar-refractivity contribution in [3.05, 3.63) is 34.2 Å². The lowest BCUT2D eigenvalue weighted by atomic mass is 9.83. The third-order valence-corrected chi connectivity index (χ3v) is 9.87. The van der Waals surface area contributed by atoms with Crippen molar-refractivity contribution in [2.45, 2.75) is 82.3 Å². The number of amides is 1. The minimum absolute atomic E-state index is 0.0536. The molecular formula is C26H34N6O2S. The van der Waals surface area contributed by atoms with Crippen molar-refractivity contribution in [2.75, 3.05) is 5.32 Å². The Morgan fingerprint density at radius 3 is 2.69 bits per heavy atom. The van der Waals surface area contributed by atoms with Crippen LogP contribution in [0.25, 0.3) is 10.2 Å². The molecule has 9 heteroatoms. The van der Waals surface area contributed by atoms with Crippen molar-refractivity contribution < 1.29 is 9.90 Å². The van der Waals surface area contributed by atoms with Gasteiger partial charge in [-0.3, -0.25) is 9.48 Å². The predicted octanol–water partition coefficient (Wildman–Crippen LogP) is 3.81. The van der Waals surface area contributed by atoms with Gasteiger partial charge in [-0.15, -0.1) is 11.3 Å². The summed E-state index contributed by atoms with van der Waals surface area (Å²) in [5, 5.41) is 19.6. The average molecular weight is 495 g/mol. The minimum Gasteiger partial charge on any atom is -0.390 e. The number of hydrogen-bond donors (Lipinski definition) is 3. The molecule has 0 spiro atoms. The quantitative estimate of drug-likeness (QED) is 0.479. The average Bonchev–Trinajstić information content (AvgIpc) is 3.08. The van der Waals surface area contributed by atoms with Crippen LogP contribution in [0, 0.1) is 11.8 Å². The number of hydrogen-bond acceptors (Lipinski definition) is 7. The molecule has 2 fully saturated rings. The van der Waals surface area contributed by atoms with Crippen molar-refractivity contribution in [3.63, 3.8) is 0 Å². The van der Waals surface area contributed by atoms with Gasteiger partial charge >= 0.3 is 0 Å². The van der Waals surface area contributed by atoms with Crippen molar-refractivity contribution in [3.8, 4) is 0 Å². The van der Waals surface area contributed by atoms with Gasteiger partial charge in [0, 0.05) is 41.9 Å². The topological polar surface area (TPSA) is 119 Å². The minimum atomic E-state index is -0.586. The molecule has 3 aromatic rings. The first kappa shape index (κ1) is 22.9.